The summed E-state index contributed by atoms with van der Waals surface area (Å²) in [7, 11) is 0. The summed E-state index contributed by atoms with van der Waals surface area (Å²) >= 11 is 0. The fourth-order valence-electron chi connectivity index (χ4n) is 0.707. The number of hydrogen-bond acceptors (Lipinski definition) is 7. The largest absolute Gasteiger partial charge is 0.337 e. The molecule has 0 saturated heterocycles. The molecule has 0 radical (unpaired) electrons. The van der Waals surface area contributed by atoms with Crippen LogP contribution < -0.4 is 0 Å². The van der Waals surface area contributed by atoms with Gasteiger partial charge in [0, 0.05) is 0 Å². The molecule has 0 aromatic carbocycles. The molecule has 2 heterocycles. The topological polar surface area (TPSA) is 96.4 Å². The molecule has 0 unspecified atom stereocenters. The Kier molecular flexibility index (Phi) is 2.18. The maximum Gasteiger partial charge on any atom is 0.145 e. The quantitative estimate of drug-likeness (QED) is 0.555. The second kappa shape index (κ2) is 3.67. The number of rotatable bonds is 4. The van der Waals surface area contributed by atoms with Crippen molar-refractivity contribution in [1.29, 1.82) is 0 Å². The molecule has 9 nitrogen and oxygen atoms in total. The minimum absolute atomic E-state index is 0.271. The summed E-state index contributed by atoms with van der Waals surface area (Å²) in [5, 5.41) is 21.0. The molecule has 0 atom stereocenters. The van der Waals surface area contributed by atoms with E-state index in [1.165, 1.54) is 22.0 Å². The van der Waals surface area contributed by atoms with Gasteiger partial charge in [0.05, 0.1) is 0 Å². The second-order valence-electron chi connectivity index (χ2n) is 2.16. The molecule has 0 amide bonds. The van der Waals surface area contributed by atoms with E-state index < -0.39 is 0 Å². The highest BCUT2D eigenvalue weighted by atomic mass is 16.5. The average Bonchev–Trinajstić information content (AvgIpc) is 2.75. The molecule has 0 bridgehead atoms. The molecule has 0 aliphatic carbocycles. The predicted molar refractivity (Wildman–Crippen MR) is 36.7 cm³/mol. The maximum atomic E-state index is 5.16. The van der Waals surface area contributed by atoms with Crippen LogP contribution in [-0.4, -0.2) is 40.4 Å². The van der Waals surface area contributed by atoms with E-state index in [1.807, 2.05) is 0 Å². The van der Waals surface area contributed by atoms with Gasteiger partial charge in [-0.3, -0.25) is 0 Å². The molecular formula is C4H6N8O. The molecule has 0 aliphatic rings. The first kappa shape index (κ1) is 7.73. The SMILES string of the molecule is c1nnnn1COCn1cnnn1. The molecule has 0 fully saturated rings. The third kappa shape index (κ3) is 2.02. The van der Waals surface area contributed by atoms with Gasteiger partial charge in [0.1, 0.15) is 26.1 Å². The number of hydrogen-bond donors (Lipinski definition) is 0. The van der Waals surface area contributed by atoms with E-state index in [0.29, 0.717) is 0 Å². The normalized spacial score (nSPS) is 10.5. The van der Waals surface area contributed by atoms with Crippen molar-refractivity contribution < 1.29 is 4.74 Å². The minimum Gasteiger partial charge on any atom is -0.337 e. The highest BCUT2D eigenvalue weighted by Gasteiger charge is 1.93. The minimum atomic E-state index is 0.271. The van der Waals surface area contributed by atoms with E-state index >= 15 is 0 Å². The second-order valence-corrected chi connectivity index (χ2v) is 2.16. The number of nitrogens with zero attached hydrogens (tertiary/aromatic N) is 8. The lowest BCUT2D eigenvalue weighted by Gasteiger charge is -2.00. The highest BCUT2D eigenvalue weighted by molar-refractivity contribution is 4.42. The first-order valence-electron chi connectivity index (χ1n) is 3.44. The Morgan fingerprint density at radius 2 is 1.46 bits per heavy atom. The van der Waals surface area contributed by atoms with Crippen LogP contribution in [0.1, 0.15) is 0 Å². The van der Waals surface area contributed by atoms with Crippen molar-refractivity contribution in [3.63, 3.8) is 0 Å². The zero-order chi connectivity index (χ0) is 8.93. The lowest BCUT2D eigenvalue weighted by Crippen LogP contribution is -2.08. The Labute approximate surface area is 72.3 Å². The summed E-state index contributed by atoms with van der Waals surface area (Å²) in [6.45, 7) is 0.541. The zero-order valence-electron chi connectivity index (χ0n) is 6.55. The van der Waals surface area contributed by atoms with Crippen LogP contribution in [0.4, 0.5) is 0 Å². The molecule has 0 N–H and O–H groups in total. The van der Waals surface area contributed by atoms with Crippen LogP contribution in [0.2, 0.25) is 0 Å². The summed E-state index contributed by atoms with van der Waals surface area (Å²) in [6, 6.07) is 0. The molecule has 2 aromatic rings. The maximum absolute atomic E-state index is 5.16. The van der Waals surface area contributed by atoms with Crippen LogP contribution in [-0.2, 0) is 18.2 Å². The van der Waals surface area contributed by atoms with Gasteiger partial charge >= 0.3 is 0 Å². The Bertz CT molecular complexity index is 293. The Balaban J connectivity index is 1.76. The Hall–Kier alpha value is -1.90. The average molecular weight is 182 g/mol. The van der Waals surface area contributed by atoms with Crippen molar-refractivity contribution in [3.05, 3.63) is 12.7 Å². The van der Waals surface area contributed by atoms with Crippen LogP contribution in [0.25, 0.3) is 0 Å². The predicted octanol–water partition coefficient (Wildman–Crippen LogP) is -1.71. The van der Waals surface area contributed by atoms with Crippen LogP contribution in [0.15, 0.2) is 12.7 Å². The van der Waals surface area contributed by atoms with Crippen LogP contribution in [0, 0.1) is 0 Å². The van der Waals surface area contributed by atoms with E-state index in [1.54, 1.807) is 0 Å². The molecule has 0 aliphatic heterocycles. The van der Waals surface area contributed by atoms with Crippen molar-refractivity contribution in [2.45, 2.75) is 13.5 Å². The molecule has 68 valence electrons. The van der Waals surface area contributed by atoms with Gasteiger partial charge in [0.2, 0.25) is 0 Å². The van der Waals surface area contributed by atoms with Crippen LogP contribution >= 0.6 is 0 Å². The van der Waals surface area contributed by atoms with E-state index in [-0.39, 0.29) is 13.5 Å². The number of ether oxygens (including phenoxy) is 1. The first-order chi connectivity index (χ1) is 6.45. The van der Waals surface area contributed by atoms with Crippen molar-refractivity contribution in [1.82, 2.24) is 40.4 Å². The summed E-state index contributed by atoms with van der Waals surface area (Å²) in [4.78, 5) is 0. The molecule has 13 heavy (non-hydrogen) atoms. The van der Waals surface area contributed by atoms with Gasteiger partial charge in [-0.15, -0.1) is 10.2 Å². The Morgan fingerprint density at radius 3 is 1.85 bits per heavy atom. The van der Waals surface area contributed by atoms with Gasteiger partial charge in [-0.1, -0.05) is 0 Å². The van der Waals surface area contributed by atoms with Gasteiger partial charge in [0.15, 0.2) is 0 Å². The Morgan fingerprint density at radius 1 is 0.923 bits per heavy atom. The molecule has 0 spiro atoms. The van der Waals surface area contributed by atoms with Gasteiger partial charge in [-0.2, -0.15) is 0 Å². The zero-order valence-corrected chi connectivity index (χ0v) is 6.55. The lowest BCUT2D eigenvalue weighted by atomic mass is 11.1. The van der Waals surface area contributed by atoms with E-state index in [2.05, 4.69) is 31.1 Å². The summed E-state index contributed by atoms with van der Waals surface area (Å²) in [6.07, 6.45) is 2.92. The van der Waals surface area contributed by atoms with Crippen LogP contribution in [0.5, 0.6) is 0 Å². The first-order valence-corrected chi connectivity index (χ1v) is 3.44. The smallest absolute Gasteiger partial charge is 0.145 e. The highest BCUT2D eigenvalue weighted by Crippen LogP contribution is 1.84. The molecule has 0 saturated carbocycles. The molecule has 9 heteroatoms. The fraction of sp³-hybridized carbons (Fsp3) is 0.500. The van der Waals surface area contributed by atoms with Crippen LogP contribution in [0.3, 0.4) is 0 Å². The van der Waals surface area contributed by atoms with Crippen molar-refractivity contribution in [3.8, 4) is 0 Å². The van der Waals surface area contributed by atoms with Crippen molar-refractivity contribution in [2.75, 3.05) is 0 Å². The van der Waals surface area contributed by atoms with Gasteiger partial charge in [-0.05, 0) is 20.9 Å². The molecular weight excluding hydrogens is 176 g/mol. The molecule has 2 rings (SSSR count). The fourth-order valence-corrected chi connectivity index (χ4v) is 0.707. The third-order valence-corrected chi connectivity index (χ3v) is 1.23. The third-order valence-electron chi connectivity index (χ3n) is 1.23. The van der Waals surface area contributed by atoms with E-state index in [0.717, 1.165) is 0 Å². The monoisotopic (exact) mass is 182 g/mol. The number of tetrazole rings is 2. The standard InChI is InChI=1S/C4H6N8O/c1-5-7-9-11(1)3-13-4-12-2-6-8-10-12/h1-2H,3-4H2. The van der Waals surface area contributed by atoms with Gasteiger partial charge < -0.3 is 4.74 Å². The summed E-state index contributed by atoms with van der Waals surface area (Å²) in [5.74, 6) is 0. The number of aromatic nitrogens is 8. The molecule has 2 aromatic heterocycles. The van der Waals surface area contributed by atoms with Crippen molar-refractivity contribution >= 4 is 0 Å². The summed E-state index contributed by atoms with van der Waals surface area (Å²) in [5.41, 5.74) is 0. The van der Waals surface area contributed by atoms with Gasteiger partial charge in [0.25, 0.3) is 0 Å². The summed E-state index contributed by atoms with van der Waals surface area (Å²) < 4.78 is 8.06. The van der Waals surface area contributed by atoms with Crippen molar-refractivity contribution in [2.24, 2.45) is 0 Å². The van der Waals surface area contributed by atoms with E-state index in [9.17, 15) is 0 Å². The van der Waals surface area contributed by atoms with Gasteiger partial charge in [-0.25, -0.2) is 9.36 Å². The lowest BCUT2D eigenvalue weighted by molar-refractivity contribution is 0.0128. The van der Waals surface area contributed by atoms with E-state index in [4.69, 9.17) is 4.74 Å².